The third-order valence-corrected chi connectivity index (χ3v) is 3.70. The number of hydrogen-bond acceptors (Lipinski definition) is 5. The minimum Gasteiger partial charge on any atom is -0.497 e. The maximum atomic E-state index is 12.3. The van der Waals surface area contributed by atoms with Crippen LogP contribution in [0.5, 0.6) is 5.75 Å². The van der Waals surface area contributed by atoms with Gasteiger partial charge in [-0.3, -0.25) is 9.69 Å². The van der Waals surface area contributed by atoms with E-state index in [0.717, 1.165) is 11.3 Å². The van der Waals surface area contributed by atoms with Gasteiger partial charge in [0.25, 0.3) is 0 Å². The van der Waals surface area contributed by atoms with E-state index in [4.69, 9.17) is 9.47 Å². The first-order valence-corrected chi connectivity index (χ1v) is 8.41. The van der Waals surface area contributed by atoms with Crippen molar-refractivity contribution in [3.05, 3.63) is 59.7 Å². The minimum atomic E-state index is -0.451. The van der Waals surface area contributed by atoms with Gasteiger partial charge in [0.05, 0.1) is 31.5 Å². The molecule has 2 aromatic carbocycles. The lowest BCUT2D eigenvalue weighted by Crippen LogP contribution is -2.30. The second-order valence-electron chi connectivity index (χ2n) is 5.84. The van der Waals surface area contributed by atoms with Gasteiger partial charge in [-0.2, -0.15) is 0 Å². The number of anilines is 1. The molecule has 0 saturated heterocycles. The van der Waals surface area contributed by atoms with Gasteiger partial charge < -0.3 is 14.8 Å². The van der Waals surface area contributed by atoms with Gasteiger partial charge in [-0.1, -0.05) is 24.3 Å². The summed E-state index contributed by atoms with van der Waals surface area (Å²) in [6, 6.07) is 14.5. The fourth-order valence-corrected chi connectivity index (χ4v) is 2.55. The Bertz CT molecular complexity index is 761. The van der Waals surface area contributed by atoms with E-state index in [2.05, 4.69) is 5.32 Å². The van der Waals surface area contributed by atoms with Crippen molar-refractivity contribution in [2.24, 2.45) is 0 Å². The Labute approximate surface area is 153 Å². The lowest BCUT2D eigenvalue weighted by atomic mass is 10.1. The zero-order chi connectivity index (χ0) is 18.9. The second kappa shape index (κ2) is 9.58. The number of carbonyl (C=O) groups is 2. The summed E-state index contributed by atoms with van der Waals surface area (Å²) < 4.78 is 10.2. The molecule has 0 radical (unpaired) electrons. The zero-order valence-corrected chi connectivity index (χ0v) is 15.3. The Kier molecular flexibility index (Phi) is 7.17. The molecular weight excluding hydrogens is 332 g/mol. The third-order valence-electron chi connectivity index (χ3n) is 3.70. The molecule has 0 saturated carbocycles. The van der Waals surface area contributed by atoms with Crippen LogP contribution in [0.25, 0.3) is 0 Å². The van der Waals surface area contributed by atoms with E-state index in [1.54, 1.807) is 38.3 Å². The van der Waals surface area contributed by atoms with E-state index >= 15 is 0 Å². The normalized spacial score (nSPS) is 10.5. The van der Waals surface area contributed by atoms with Crippen molar-refractivity contribution in [3.8, 4) is 5.75 Å². The van der Waals surface area contributed by atoms with E-state index in [9.17, 15) is 9.59 Å². The van der Waals surface area contributed by atoms with E-state index in [-0.39, 0.29) is 19.1 Å². The molecule has 1 N–H and O–H groups in total. The van der Waals surface area contributed by atoms with Gasteiger partial charge in [0.2, 0.25) is 5.91 Å². The molecular formula is C20H24N2O4. The van der Waals surface area contributed by atoms with Gasteiger partial charge in [-0.15, -0.1) is 0 Å². The highest BCUT2D eigenvalue weighted by Gasteiger charge is 2.15. The number of nitrogens with one attached hydrogen (secondary N) is 1. The SMILES string of the molecule is CCOC(=O)c1ccccc1NC(=O)CN(C)Cc1cccc(OC)c1. The maximum absolute atomic E-state index is 12.3. The number of para-hydroxylation sites is 1. The summed E-state index contributed by atoms with van der Waals surface area (Å²) >= 11 is 0. The highest BCUT2D eigenvalue weighted by Crippen LogP contribution is 2.17. The Hall–Kier alpha value is -2.86. The summed E-state index contributed by atoms with van der Waals surface area (Å²) in [5.41, 5.74) is 1.84. The Morgan fingerprint density at radius 2 is 1.88 bits per heavy atom. The fraction of sp³-hybridized carbons (Fsp3) is 0.300. The molecule has 0 atom stereocenters. The first kappa shape index (κ1) is 19.5. The molecule has 1 amide bonds. The number of hydrogen-bond donors (Lipinski definition) is 1. The van der Waals surface area contributed by atoms with Crippen molar-refractivity contribution in [2.45, 2.75) is 13.5 Å². The van der Waals surface area contributed by atoms with Gasteiger partial charge in [0.15, 0.2) is 0 Å². The first-order chi connectivity index (χ1) is 12.5. The average molecular weight is 356 g/mol. The zero-order valence-electron chi connectivity index (χ0n) is 15.3. The topological polar surface area (TPSA) is 67.9 Å². The molecule has 2 aromatic rings. The van der Waals surface area contributed by atoms with Crippen LogP contribution in [0.4, 0.5) is 5.69 Å². The quantitative estimate of drug-likeness (QED) is 0.737. The summed E-state index contributed by atoms with van der Waals surface area (Å²) in [4.78, 5) is 26.2. The van der Waals surface area contributed by atoms with Crippen LogP contribution in [-0.4, -0.2) is 44.1 Å². The number of esters is 1. The van der Waals surface area contributed by atoms with Gasteiger partial charge >= 0.3 is 5.97 Å². The van der Waals surface area contributed by atoms with E-state index in [1.807, 2.05) is 36.2 Å². The molecule has 0 bridgehead atoms. The number of rotatable bonds is 8. The standard InChI is InChI=1S/C20H24N2O4/c1-4-26-20(24)17-10-5-6-11-18(17)21-19(23)14-22(2)13-15-8-7-9-16(12-15)25-3/h5-12H,4,13-14H2,1-3H3,(H,21,23). The number of ether oxygens (including phenoxy) is 2. The molecule has 0 aliphatic rings. The van der Waals surface area contributed by atoms with Crippen molar-refractivity contribution < 1.29 is 19.1 Å². The second-order valence-corrected chi connectivity index (χ2v) is 5.84. The van der Waals surface area contributed by atoms with Gasteiger partial charge in [-0.05, 0) is 43.8 Å². The van der Waals surface area contributed by atoms with Crippen molar-refractivity contribution in [1.82, 2.24) is 4.90 Å². The van der Waals surface area contributed by atoms with Crippen LogP contribution in [0.2, 0.25) is 0 Å². The lowest BCUT2D eigenvalue weighted by Gasteiger charge is -2.17. The summed E-state index contributed by atoms with van der Waals surface area (Å²) in [6.07, 6.45) is 0. The summed E-state index contributed by atoms with van der Waals surface area (Å²) in [5, 5.41) is 2.78. The molecule has 0 heterocycles. The van der Waals surface area contributed by atoms with Crippen LogP contribution in [0.3, 0.4) is 0 Å². The van der Waals surface area contributed by atoms with E-state index in [0.29, 0.717) is 17.8 Å². The van der Waals surface area contributed by atoms with E-state index in [1.165, 1.54) is 0 Å². The van der Waals surface area contributed by atoms with Gasteiger partial charge in [-0.25, -0.2) is 4.79 Å². The highest BCUT2D eigenvalue weighted by atomic mass is 16.5. The van der Waals surface area contributed by atoms with Gasteiger partial charge in [0, 0.05) is 6.54 Å². The predicted octanol–water partition coefficient (Wildman–Crippen LogP) is 2.94. The van der Waals surface area contributed by atoms with Crippen LogP contribution in [0.15, 0.2) is 48.5 Å². The van der Waals surface area contributed by atoms with E-state index < -0.39 is 5.97 Å². The molecule has 6 nitrogen and oxygen atoms in total. The summed E-state index contributed by atoms with van der Waals surface area (Å²) in [5.74, 6) is 0.129. The molecule has 0 fully saturated rings. The summed E-state index contributed by atoms with van der Waals surface area (Å²) in [6.45, 7) is 2.82. The van der Waals surface area contributed by atoms with Crippen LogP contribution < -0.4 is 10.1 Å². The molecule has 0 unspecified atom stereocenters. The molecule has 0 aromatic heterocycles. The molecule has 2 rings (SSSR count). The van der Waals surface area contributed by atoms with Crippen molar-refractivity contribution in [1.29, 1.82) is 0 Å². The molecule has 6 heteroatoms. The van der Waals surface area contributed by atoms with Crippen molar-refractivity contribution in [2.75, 3.05) is 32.6 Å². The van der Waals surface area contributed by atoms with Crippen LogP contribution in [0, 0.1) is 0 Å². The number of benzene rings is 2. The number of methoxy groups -OCH3 is 1. The average Bonchev–Trinajstić information content (AvgIpc) is 2.62. The molecule has 0 aliphatic carbocycles. The predicted molar refractivity (Wildman–Crippen MR) is 100 cm³/mol. The number of carbonyl (C=O) groups excluding carboxylic acids is 2. The van der Waals surface area contributed by atoms with Crippen molar-refractivity contribution >= 4 is 17.6 Å². The minimum absolute atomic E-state index is 0.189. The molecule has 0 spiro atoms. The first-order valence-electron chi connectivity index (χ1n) is 8.41. The Balaban J connectivity index is 1.97. The Morgan fingerprint density at radius 3 is 2.62 bits per heavy atom. The summed E-state index contributed by atoms with van der Waals surface area (Å²) in [7, 11) is 3.48. The monoisotopic (exact) mass is 356 g/mol. The van der Waals surface area contributed by atoms with Gasteiger partial charge in [0.1, 0.15) is 5.75 Å². The molecule has 0 aliphatic heterocycles. The third kappa shape index (κ3) is 5.60. The smallest absolute Gasteiger partial charge is 0.340 e. The Morgan fingerprint density at radius 1 is 1.12 bits per heavy atom. The van der Waals surface area contributed by atoms with Crippen LogP contribution >= 0.6 is 0 Å². The van der Waals surface area contributed by atoms with Crippen molar-refractivity contribution in [3.63, 3.8) is 0 Å². The molecule has 138 valence electrons. The molecule has 26 heavy (non-hydrogen) atoms. The van der Waals surface area contributed by atoms with Crippen LogP contribution in [0.1, 0.15) is 22.8 Å². The fourth-order valence-electron chi connectivity index (χ4n) is 2.55. The largest absolute Gasteiger partial charge is 0.497 e. The number of nitrogens with zero attached hydrogens (tertiary/aromatic N) is 1. The maximum Gasteiger partial charge on any atom is 0.340 e. The lowest BCUT2D eigenvalue weighted by molar-refractivity contribution is -0.117. The number of likely N-dealkylation sites (N-methyl/N-ethyl adjacent to an activating group) is 1. The number of amides is 1. The van der Waals surface area contributed by atoms with Crippen LogP contribution in [-0.2, 0) is 16.1 Å². The highest BCUT2D eigenvalue weighted by molar-refractivity contribution is 6.01.